The van der Waals surface area contributed by atoms with Gasteiger partial charge < -0.3 is 19.1 Å². The summed E-state index contributed by atoms with van der Waals surface area (Å²) in [5.74, 6) is -0.259. The van der Waals surface area contributed by atoms with Crippen LogP contribution in [0.2, 0.25) is 0 Å². The second-order valence-electron chi connectivity index (χ2n) is 10.9. The minimum absolute atomic E-state index is 0.0142. The van der Waals surface area contributed by atoms with Crippen LogP contribution in [0.15, 0.2) is 103 Å². The maximum Gasteiger partial charge on any atom is 0.243 e. The third kappa shape index (κ3) is 6.28. The second-order valence-corrected chi connectivity index (χ2v) is 10.9. The van der Waals surface area contributed by atoms with E-state index in [1.54, 1.807) is 12.0 Å². The first kappa shape index (κ1) is 28.4. The normalized spacial score (nSPS) is 14.8. The Balaban J connectivity index is 1.45. The van der Waals surface area contributed by atoms with Gasteiger partial charge in [-0.2, -0.15) is 0 Å². The van der Waals surface area contributed by atoms with Crippen molar-refractivity contribution in [1.82, 2.24) is 14.4 Å². The summed E-state index contributed by atoms with van der Waals surface area (Å²) in [6.45, 7) is 6.31. The first-order valence-electron chi connectivity index (χ1n) is 14.4. The van der Waals surface area contributed by atoms with Crippen molar-refractivity contribution in [2.75, 3.05) is 33.4 Å². The van der Waals surface area contributed by atoms with E-state index >= 15 is 0 Å². The molecule has 2 heterocycles. The lowest BCUT2D eigenvalue weighted by molar-refractivity contribution is -0.143. The second kappa shape index (κ2) is 13.0. The van der Waals surface area contributed by atoms with Crippen LogP contribution in [0.3, 0.4) is 0 Å². The van der Waals surface area contributed by atoms with Gasteiger partial charge in [-0.3, -0.25) is 9.59 Å². The number of methoxy groups -OCH3 is 1. The van der Waals surface area contributed by atoms with Gasteiger partial charge in [0, 0.05) is 38.6 Å². The van der Waals surface area contributed by atoms with Crippen LogP contribution >= 0.6 is 0 Å². The highest BCUT2D eigenvalue weighted by Crippen LogP contribution is 2.34. The highest BCUT2D eigenvalue weighted by molar-refractivity contribution is 5.91. The molecule has 5 rings (SSSR count). The zero-order valence-electron chi connectivity index (χ0n) is 24.1. The quantitative estimate of drug-likeness (QED) is 0.249. The minimum atomic E-state index is -0.514. The van der Waals surface area contributed by atoms with Crippen molar-refractivity contribution in [3.8, 4) is 0 Å². The molecule has 6 nitrogen and oxygen atoms in total. The lowest BCUT2D eigenvalue weighted by atomic mass is 9.90. The van der Waals surface area contributed by atoms with Gasteiger partial charge in [0.15, 0.2) is 0 Å². The number of aromatic nitrogens is 1. The lowest BCUT2D eigenvalue weighted by Gasteiger charge is -2.39. The number of carbonyl (C=O) groups excluding carboxylic acids is 2. The molecule has 0 unspecified atom stereocenters. The molecule has 0 N–H and O–H groups in total. The van der Waals surface area contributed by atoms with Crippen LogP contribution in [0.4, 0.5) is 0 Å². The minimum Gasteiger partial charge on any atom is -0.383 e. The Kier molecular flexibility index (Phi) is 9.00. The topological polar surface area (TPSA) is 54.8 Å². The van der Waals surface area contributed by atoms with Crippen LogP contribution in [0.1, 0.15) is 59.7 Å². The Morgan fingerprint density at radius 2 is 1.46 bits per heavy atom. The summed E-state index contributed by atoms with van der Waals surface area (Å²) in [5.41, 5.74) is 5.23. The third-order valence-electron chi connectivity index (χ3n) is 7.99. The van der Waals surface area contributed by atoms with Gasteiger partial charge in [-0.25, -0.2) is 0 Å². The molecule has 4 aromatic rings. The first-order valence-corrected chi connectivity index (χ1v) is 14.4. The van der Waals surface area contributed by atoms with E-state index in [0.29, 0.717) is 25.6 Å². The summed E-state index contributed by atoms with van der Waals surface area (Å²) in [7, 11) is 1.62. The fourth-order valence-corrected chi connectivity index (χ4v) is 5.74. The standard InChI is InChI=1S/C35H39N3O3/c1-26(2)27-16-18-30(19-17-27)34-31-15-10-20-36(31)21-22-38(34)32(39)25-37(23-24-41-3)35(40)33(28-11-6-4-7-12-28)29-13-8-5-9-14-29/h4-20,26,33-34H,21-25H2,1-3H3/t34-/m1/s1. The van der Waals surface area contributed by atoms with Crippen molar-refractivity contribution in [2.24, 2.45) is 0 Å². The number of hydrogen-bond acceptors (Lipinski definition) is 3. The van der Waals surface area contributed by atoms with Gasteiger partial charge in [-0.05, 0) is 40.3 Å². The molecule has 0 radical (unpaired) electrons. The average molecular weight is 550 g/mol. The van der Waals surface area contributed by atoms with Crippen LogP contribution < -0.4 is 0 Å². The summed E-state index contributed by atoms with van der Waals surface area (Å²) < 4.78 is 7.60. The van der Waals surface area contributed by atoms with Crippen LogP contribution in [0.5, 0.6) is 0 Å². The van der Waals surface area contributed by atoms with Gasteiger partial charge in [0.2, 0.25) is 11.8 Å². The Morgan fingerprint density at radius 1 is 0.829 bits per heavy atom. The molecule has 1 aliphatic heterocycles. The number of benzene rings is 3. The fraction of sp³-hybridized carbons (Fsp3) is 0.314. The lowest BCUT2D eigenvalue weighted by Crippen LogP contribution is -2.49. The first-order chi connectivity index (χ1) is 20.0. The largest absolute Gasteiger partial charge is 0.383 e. The molecule has 0 aliphatic carbocycles. The van der Waals surface area contributed by atoms with Crippen molar-refractivity contribution in [1.29, 1.82) is 0 Å². The maximum absolute atomic E-state index is 14.3. The summed E-state index contributed by atoms with van der Waals surface area (Å²) in [5, 5.41) is 0. The molecule has 2 amide bonds. The highest BCUT2D eigenvalue weighted by Gasteiger charge is 2.35. The van der Waals surface area contributed by atoms with E-state index < -0.39 is 5.92 Å². The van der Waals surface area contributed by atoms with E-state index in [9.17, 15) is 9.59 Å². The van der Waals surface area contributed by atoms with Crippen LogP contribution in [0, 0.1) is 0 Å². The smallest absolute Gasteiger partial charge is 0.243 e. The van der Waals surface area contributed by atoms with Crippen LogP contribution in [-0.4, -0.2) is 59.5 Å². The molecular weight excluding hydrogens is 510 g/mol. The van der Waals surface area contributed by atoms with E-state index in [2.05, 4.69) is 54.9 Å². The number of carbonyl (C=O) groups is 2. The molecule has 1 aromatic heterocycles. The molecular formula is C35H39N3O3. The number of fused-ring (bicyclic) bond motifs is 1. The van der Waals surface area contributed by atoms with Gasteiger partial charge in [-0.15, -0.1) is 0 Å². The molecule has 0 bridgehead atoms. The molecule has 3 aromatic carbocycles. The molecule has 0 spiro atoms. The Morgan fingerprint density at radius 3 is 2.05 bits per heavy atom. The monoisotopic (exact) mass is 549 g/mol. The fourth-order valence-electron chi connectivity index (χ4n) is 5.74. The van der Waals surface area contributed by atoms with E-state index in [-0.39, 0.29) is 24.4 Å². The zero-order valence-corrected chi connectivity index (χ0v) is 24.1. The summed E-state index contributed by atoms with van der Waals surface area (Å²) in [4.78, 5) is 32.0. The molecule has 0 fully saturated rings. The summed E-state index contributed by atoms with van der Waals surface area (Å²) >= 11 is 0. The van der Waals surface area contributed by atoms with Gasteiger partial charge in [-0.1, -0.05) is 98.8 Å². The predicted molar refractivity (Wildman–Crippen MR) is 162 cm³/mol. The average Bonchev–Trinajstić information content (AvgIpc) is 3.49. The van der Waals surface area contributed by atoms with E-state index in [1.807, 2.05) is 71.6 Å². The van der Waals surface area contributed by atoms with Crippen LogP contribution in [-0.2, 0) is 20.9 Å². The van der Waals surface area contributed by atoms with Crippen molar-refractivity contribution in [2.45, 2.75) is 38.3 Å². The number of ether oxygens (including phenoxy) is 1. The van der Waals surface area contributed by atoms with E-state index in [4.69, 9.17) is 4.74 Å². The summed E-state index contributed by atoms with van der Waals surface area (Å²) in [6.07, 6.45) is 2.07. The van der Waals surface area contributed by atoms with E-state index in [1.165, 1.54) is 5.56 Å². The van der Waals surface area contributed by atoms with Crippen molar-refractivity contribution in [3.63, 3.8) is 0 Å². The molecule has 6 heteroatoms. The van der Waals surface area contributed by atoms with Gasteiger partial charge >= 0.3 is 0 Å². The molecule has 41 heavy (non-hydrogen) atoms. The van der Waals surface area contributed by atoms with Crippen molar-refractivity contribution >= 4 is 11.8 Å². The van der Waals surface area contributed by atoms with Gasteiger partial charge in [0.25, 0.3) is 0 Å². The number of nitrogens with zero attached hydrogens (tertiary/aromatic N) is 3. The molecule has 1 aliphatic rings. The molecule has 0 saturated carbocycles. The maximum atomic E-state index is 14.3. The zero-order chi connectivity index (χ0) is 28.8. The molecule has 1 atom stereocenters. The van der Waals surface area contributed by atoms with Gasteiger partial charge in [0.05, 0.1) is 25.1 Å². The highest BCUT2D eigenvalue weighted by atomic mass is 16.5. The number of rotatable bonds is 10. The number of amides is 2. The Labute approximate surface area is 243 Å². The van der Waals surface area contributed by atoms with Crippen molar-refractivity contribution in [3.05, 3.63) is 131 Å². The van der Waals surface area contributed by atoms with Gasteiger partial charge in [0.1, 0.15) is 0 Å². The Hall–Kier alpha value is -4.16. The predicted octanol–water partition coefficient (Wildman–Crippen LogP) is 5.85. The third-order valence-corrected chi connectivity index (χ3v) is 7.99. The van der Waals surface area contributed by atoms with Crippen LogP contribution in [0.25, 0.3) is 0 Å². The SMILES string of the molecule is COCCN(CC(=O)N1CCn2cccc2[C@H]1c1ccc(C(C)C)cc1)C(=O)C(c1ccccc1)c1ccccc1. The molecule has 0 saturated heterocycles. The van der Waals surface area contributed by atoms with E-state index in [0.717, 1.165) is 28.9 Å². The Bertz CT molecular complexity index is 1390. The molecule has 212 valence electrons. The number of hydrogen-bond donors (Lipinski definition) is 0. The summed E-state index contributed by atoms with van der Waals surface area (Å²) in [6, 6.07) is 32.1. The van der Waals surface area contributed by atoms with Crippen molar-refractivity contribution < 1.29 is 14.3 Å².